The fourth-order valence-corrected chi connectivity index (χ4v) is 4.90. The van der Waals surface area contributed by atoms with Gasteiger partial charge in [-0.1, -0.05) is 79.1 Å². The second kappa shape index (κ2) is 10.6. The van der Waals surface area contributed by atoms with Gasteiger partial charge >= 0.3 is 5.69 Å². The van der Waals surface area contributed by atoms with Gasteiger partial charge in [0.1, 0.15) is 16.8 Å². The molecule has 0 amide bonds. The molecule has 0 saturated heterocycles. The number of nitrogens with zero attached hydrogens (tertiary/aromatic N) is 3. The highest BCUT2D eigenvalue weighted by Crippen LogP contribution is 2.27. The molecule has 2 aromatic heterocycles. The summed E-state index contributed by atoms with van der Waals surface area (Å²) in [7, 11) is 0. The van der Waals surface area contributed by atoms with E-state index < -0.39 is 22.6 Å². The average molecular weight is 522 g/mol. The molecule has 198 valence electrons. The number of rotatable bonds is 7. The Morgan fingerprint density at radius 3 is 1.85 bits per heavy atom. The van der Waals surface area contributed by atoms with Gasteiger partial charge in [0.2, 0.25) is 0 Å². The van der Waals surface area contributed by atoms with Gasteiger partial charge < -0.3 is 5.11 Å². The molecule has 0 fully saturated rings. The normalized spacial score (nSPS) is 11.3. The molecule has 2 heterocycles. The molecule has 0 aliphatic heterocycles. The summed E-state index contributed by atoms with van der Waals surface area (Å²) in [6.07, 6.45) is 1.62. The van der Waals surface area contributed by atoms with E-state index in [9.17, 15) is 19.5 Å². The van der Waals surface area contributed by atoms with Crippen LogP contribution in [0.15, 0.2) is 93.2 Å². The fraction of sp³-hybridized carbons (Fsp3) is 0.219. The first-order chi connectivity index (χ1) is 18.8. The zero-order chi connectivity index (χ0) is 27.7. The van der Waals surface area contributed by atoms with Gasteiger partial charge in [0.25, 0.3) is 11.1 Å². The lowest BCUT2D eigenvalue weighted by Gasteiger charge is -2.20. The van der Waals surface area contributed by atoms with Gasteiger partial charge in [0.15, 0.2) is 0 Å². The molecule has 0 saturated carbocycles. The first-order valence-electron chi connectivity index (χ1n) is 13.2. The van der Waals surface area contributed by atoms with Crippen LogP contribution in [0.25, 0.3) is 22.4 Å². The number of hydrogen-bond acceptors (Lipinski definition) is 4. The van der Waals surface area contributed by atoms with Crippen LogP contribution < -0.4 is 16.8 Å². The van der Waals surface area contributed by atoms with Crippen molar-refractivity contribution in [2.75, 3.05) is 0 Å². The van der Waals surface area contributed by atoms with Gasteiger partial charge in [-0.2, -0.15) is 0 Å². The second-order valence-electron chi connectivity index (χ2n) is 9.93. The van der Waals surface area contributed by atoms with Crippen molar-refractivity contribution in [1.82, 2.24) is 13.7 Å². The van der Waals surface area contributed by atoms with Crippen molar-refractivity contribution in [1.29, 1.82) is 0 Å². The molecule has 1 N–H and O–H groups in total. The molecule has 39 heavy (non-hydrogen) atoms. The summed E-state index contributed by atoms with van der Waals surface area (Å²) in [5.41, 5.74) is 2.23. The van der Waals surface area contributed by atoms with E-state index in [0.29, 0.717) is 24.3 Å². The van der Waals surface area contributed by atoms with E-state index in [1.165, 1.54) is 9.13 Å². The monoisotopic (exact) mass is 521 g/mol. The number of pyridine rings is 1. The Kier molecular flexibility index (Phi) is 7.07. The molecule has 0 unspecified atom stereocenters. The summed E-state index contributed by atoms with van der Waals surface area (Å²) < 4.78 is 3.93. The first kappa shape index (κ1) is 26.0. The lowest BCUT2D eigenvalue weighted by Crippen LogP contribution is -2.41. The number of benzene rings is 3. The van der Waals surface area contributed by atoms with Gasteiger partial charge in [-0.3, -0.25) is 14.2 Å². The van der Waals surface area contributed by atoms with E-state index in [4.69, 9.17) is 0 Å². The van der Waals surface area contributed by atoms with Gasteiger partial charge in [-0.15, -0.1) is 0 Å². The van der Waals surface area contributed by atoms with Crippen LogP contribution in [0.3, 0.4) is 0 Å². The maximum atomic E-state index is 14.1. The van der Waals surface area contributed by atoms with E-state index in [-0.39, 0.29) is 23.0 Å². The standard InChI is InChI=1S/C32H31N3O4/c1-4-5-19-33-29-27(28(36)26(30(33)37)20-23-9-7-6-8-10-23)31(38)35(25-17-13-22(3)14-18-25)32(39)34(29)24-15-11-21(2)12-16-24/h6-18,36H,4-5,19-20H2,1-3H3. The minimum absolute atomic E-state index is 0.0580. The molecule has 5 aromatic rings. The molecular weight excluding hydrogens is 490 g/mol. The van der Waals surface area contributed by atoms with Crippen molar-refractivity contribution in [2.45, 2.75) is 46.6 Å². The largest absolute Gasteiger partial charge is 0.506 e. The molecule has 0 radical (unpaired) electrons. The van der Waals surface area contributed by atoms with Crippen LogP contribution in [0.4, 0.5) is 0 Å². The van der Waals surface area contributed by atoms with E-state index in [1.54, 1.807) is 24.3 Å². The SMILES string of the molecule is CCCCn1c(=O)c(Cc2ccccc2)c(O)c2c(=O)n(-c3ccc(C)cc3)c(=O)n(-c3ccc(C)cc3)c21. The summed E-state index contributed by atoms with van der Waals surface area (Å²) >= 11 is 0. The third-order valence-electron chi connectivity index (χ3n) is 7.06. The highest BCUT2D eigenvalue weighted by atomic mass is 16.3. The van der Waals surface area contributed by atoms with Gasteiger partial charge in [-0.05, 0) is 50.1 Å². The maximum absolute atomic E-state index is 14.1. The number of aromatic nitrogens is 3. The Morgan fingerprint density at radius 1 is 0.718 bits per heavy atom. The summed E-state index contributed by atoms with van der Waals surface area (Å²) in [6.45, 7) is 6.17. The Balaban J connectivity index is 1.97. The third kappa shape index (κ3) is 4.72. The molecule has 0 atom stereocenters. The van der Waals surface area contributed by atoms with Crippen LogP contribution in [-0.4, -0.2) is 18.8 Å². The highest BCUT2D eigenvalue weighted by Gasteiger charge is 2.26. The number of unbranched alkanes of at least 4 members (excludes halogenated alkanes) is 1. The molecule has 3 aromatic carbocycles. The lowest BCUT2D eigenvalue weighted by atomic mass is 10.0. The molecule has 0 bridgehead atoms. The minimum Gasteiger partial charge on any atom is -0.506 e. The molecule has 0 aliphatic rings. The second-order valence-corrected chi connectivity index (χ2v) is 9.93. The number of aromatic hydroxyl groups is 1. The summed E-state index contributed by atoms with van der Waals surface area (Å²) in [5, 5.41) is 11.5. The van der Waals surface area contributed by atoms with Gasteiger partial charge in [-0.25, -0.2) is 13.9 Å². The average Bonchev–Trinajstić information content (AvgIpc) is 2.93. The number of aryl methyl sites for hydroxylation is 3. The first-order valence-corrected chi connectivity index (χ1v) is 13.2. The lowest BCUT2D eigenvalue weighted by molar-refractivity contribution is 0.469. The van der Waals surface area contributed by atoms with Crippen molar-refractivity contribution in [2.24, 2.45) is 0 Å². The molecular formula is C32H31N3O4. The zero-order valence-electron chi connectivity index (χ0n) is 22.3. The Bertz CT molecular complexity index is 1830. The highest BCUT2D eigenvalue weighted by molar-refractivity contribution is 5.84. The van der Waals surface area contributed by atoms with Gasteiger partial charge in [0.05, 0.1) is 16.9 Å². The van der Waals surface area contributed by atoms with Crippen LogP contribution in [0.1, 0.15) is 42.0 Å². The Labute approximate surface area is 225 Å². The van der Waals surface area contributed by atoms with Crippen LogP contribution in [0.5, 0.6) is 5.75 Å². The molecule has 5 rings (SSSR count). The fourth-order valence-electron chi connectivity index (χ4n) is 4.90. The maximum Gasteiger partial charge on any atom is 0.341 e. The number of fused-ring (bicyclic) bond motifs is 1. The van der Waals surface area contributed by atoms with Crippen LogP contribution in [-0.2, 0) is 13.0 Å². The van der Waals surface area contributed by atoms with Crippen molar-refractivity contribution in [3.8, 4) is 17.1 Å². The topological polar surface area (TPSA) is 86.2 Å². The van der Waals surface area contributed by atoms with Crippen molar-refractivity contribution in [3.63, 3.8) is 0 Å². The van der Waals surface area contributed by atoms with Gasteiger partial charge in [0, 0.05) is 13.0 Å². The van der Waals surface area contributed by atoms with E-state index in [2.05, 4.69) is 0 Å². The minimum atomic E-state index is -0.667. The summed E-state index contributed by atoms with van der Waals surface area (Å²) in [4.78, 5) is 42.2. The van der Waals surface area contributed by atoms with E-state index >= 15 is 0 Å². The van der Waals surface area contributed by atoms with Crippen molar-refractivity contribution in [3.05, 3.63) is 132 Å². The predicted octanol–water partition coefficient (Wildman–Crippen LogP) is 5.02. The Morgan fingerprint density at radius 2 is 1.28 bits per heavy atom. The number of hydrogen-bond donors (Lipinski definition) is 1. The molecule has 7 nitrogen and oxygen atoms in total. The third-order valence-corrected chi connectivity index (χ3v) is 7.06. The van der Waals surface area contributed by atoms with Crippen LogP contribution in [0.2, 0.25) is 0 Å². The van der Waals surface area contributed by atoms with Crippen molar-refractivity contribution < 1.29 is 5.11 Å². The van der Waals surface area contributed by atoms with Crippen LogP contribution in [0, 0.1) is 13.8 Å². The van der Waals surface area contributed by atoms with Crippen LogP contribution >= 0.6 is 0 Å². The Hall–Kier alpha value is -4.65. The molecule has 7 heteroatoms. The van der Waals surface area contributed by atoms with E-state index in [1.807, 2.05) is 75.4 Å². The quantitative estimate of drug-likeness (QED) is 0.326. The zero-order valence-corrected chi connectivity index (χ0v) is 22.3. The van der Waals surface area contributed by atoms with E-state index in [0.717, 1.165) is 27.7 Å². The molecule has 0 aliphatic carbocycles. The molecule has 0 spiro atoms. The predicted molar refractivity (Wildman–Crippen MR) is 155 cm³/mol. The van der Waals surface area contributed by atoms with Crippen molar-refractivity contribution >= 4 is 11.0 Å². The summed E-state index contributed by atoms with van der Waals surface area (Å²) in [5.74, 6) is -0.390. The smallest absolute Gasteiger partial charge is 0.341 e. The summed E-state index contributed by atoms with van der Waals surface area (Å²) in [6, 6.07) is 23.7.